The molecule has 0 bridgehead atoms. The number of benzene rings is 1. The number of rotatable bonds is 2. The second-order valence-corrected chi connectivity index (χ2v) is 3.82. The Labute approximate surface area is 102 Å². The third-order valence-corrected chi connectivity index (χ3v) is 2.77. The van der Waals surface area contributed by atoms with E-state index in [4.69, 9.17) is 13.6 Å². The van der Waals surface area contributed by atoms with E-state index in [-0.39, 0.29) is 5.43 Å². The number of hydrogen-bond acceptors (Lipinski definition) is 4. The van der Waals surface area contributed by atoms with Gasteiger partial charge in [0.05, 0.1) is 18.8 Å². The Morgan fingerprint density at radius 2 is 2.06 bits per heavy atom. The lowest BCUT2D eigenvalue weighted by molar-refractivity contribution is 0.414. The van der Waals surface area contributed by atoms with Gasteiger partial charge in [0.2, 0.25) is 5.43 Å². The Kier molecular flexibility index (Phi) is 2.41. The van der Waals surface area contributed by atoms with E-state index in [9.17, 15) is 4.79 Å². The van der Waals surface area contributed by atoms with Gasteiger partial charge in [-0.1, -0.05) is 0 Å². The van der Waals surface area contributed by atoms with Crippen LogP contribution in [0.25, 0.3) is 22.3 Å². The minimum atomic E-state index is -0.117. The highest BCUT2D eigenvalue weighted by atomic mass is 16.5. The molecule has 0 unspecified atom stereocenters. The maximum atomic E-state index is 12.3. The number of furan rings is 1. The monoisotopic (exact) mass is 242 g/mol. The average molecular weight is 242 g/mol. The molecule has 0 aliphatic carbocycles. The molecular formula is C14H10O4. The van der Waals surface area contributed by atoms with E-state index in [1.54, 1.807) is 37.4 Å². The Morgan fingerprint density at radius 1 is 1.17 bits per heavy atom. The molecular weight excluding hydrogens is 232 g/mol. The van der Waals surface area contributed by atoms with Crippen LogP contribution in [0.4, 0.5) is 0 Å². The molecule has 0 saturated carbocycles. The van der Waals surface area contributed by atoms with Crippen LogP contribution in [0.3, 0.4) is 0 Å². The van der Waals surface area contributed by atoms with Gasteiger partial charge in [-0.3, -0.25) is 4.79 Å². The predicted octanol–water partition coefficient (Wildman–Crippen LogP) is 3.06. The first-order chi connectivity index (χ1) is 8.79. The first kappa shape index (κ1) is 10.7. The average Bonchev–Trinajstić information content (AvgIpc) is 2.92. The lowest BCUT2D eigenvalue weighted by Crippen LogP contribution is -2.04. The summed E-state index contributed by atoms with van der Waals surface area (Å²) in [7, 11) is 1.57. The summed E-state index contributed by atoms with van der Waals surface area (Å²) in [6.07, 6.45) is 2.93. The largest absolute Gasteiger partial charge is 0.497 e. The minimum absolute atomic E-state index is 0.117. The van der Waals surface area contributed by atoms with Gasteiger partial charge in [-0.05, 0) is 24.3 Å². The fourth-order valence-electron chi connectivity index (χ4n) is 1.84. The van der Waals surface area contributed by atoms with E-state index in [2.05, 4.69) is 0 Å². The fourth-order valence-corrected chi connectivity index (χ4v) is 1.84. The van der Waals surface area contributed by atoms with Crippen LogP contribution in [0, 0.1) is 0 Å². The van der Waals surface area contributed by atoms with Crippen molar-refractivity contribution >= 4 is 11.0 Å². The Morgan fingerprint density at radius 3 is 2.78 bits per heavy atom. The number of fused-ring (bicyclic) bond motifs is 1. The molecule has 0 fully saturated rings. The molecule has 2 aromatic heterocycles. The molecule has 0 N–H and O–H groups in total. The highest BCUT2D eigenvalue weighted by Crippen LogP contribution is 2.22. The van der Waals surface area contributed by atoms with Gasteiger partial charge in [0.1, 0.15) is 28.9 Å². The molecule has 0 atom stereocenters. The van der Waals surface area contributed by atoms with Gasteiger partial charge in [-0.15, -0.1) is 0 Å². The van der Waals surface area contributed by atoms with Crippen LogP contribution >= 0.6 is 0 Å². The molecule has 90 valence electrons. The van der Waals surface area contributed by atoms with Crippen molar-refractivity contribution in [2.75, 3.05) is 7.11 Å². The highest BCUT2D eigenvalue weighted by molar-refractivity contribution is 5.81. The van der Waals surface area contributed by atoms with Gasteiger partial charge in [0.25, 0.3) is 0 Å². The van der Waals surface area contributed by atoms with Crippen LogP contribution in [0.5, 0.6) is 5.75 Å². The van der Waals surface area contributed by atoms with E-state index in [0.29, 0.717) is 28.0 Å². The maximum absolute atomic E-state index is 12.3. The standard InChI is InChI=1S/C14H10O4/c1-16-9-4-5-10-13(7-9)18-8-11(14(10)15)12-3-2-6-17-12/h2-8H,1H3. The van der Waals surface area contributed by atoms with Crippen molar-refractivity contribution in [1.82, 2.24) is 0 Å². The summed E-state index contributed by atoms with van der Waals surface area (Å²) in [5, 5.41) is 0.504. The normalized spacial score (nSPS) is 10.7. The highest BCUT2D eigenvalue weighted by Gasteiger charge is 2.11. The van der Waals surface area contributed by atoms with Gasteiger partial charge >= 0.3 is 0 Å². The van der Waals surface area contributed by atoms with Gasteiger partial charge in [-0.25, -0.2) is 0 Å². The molecule has 1 aromatic carbocycles. The Hall–Kier alpha value is -2.49. The topological polar surface area (TPSA) is 52.6 Å². The van der Waals surface area contributed by atoms with Gasteiger partial charge < -0.3 is 13.6 Å². The summed E-state index contributed by atoms with van der Waals surface area (Å²) in [6.45, 7) is 0. The first-order valence-corrected chi connectivity index (χ1v) is 5.43. The van der Waals surface area contributed by atoms with E-state index in [1.165, 1.54) is 12.5 Å². The lowest BCUT2D eigenvalue weighted by Gasteiger charge is -2.02. The lowest BCUT2D eigenvalue weighted by atomic mass is 10.1. The Balaban J connectivity index is 2.27. The summed E-state index contributed by atoms with van der Waals surface area (Å²) < 4.78 is 15.7. The van der Waals surface area contributed by atoms with Gasteiger partial charge in [-0.2, -0.15) is 0 Å². The minimum Gasteiger partial charge on any atom is -0.497 e. The van der Waals surface area contributed by atoms with Crippen molar-refractivity contribution in [3.8, 4) is 17.1 Å². The molecule has 0 amide bonds. The van der Waals surface area contributed by atoms with Gasteiger partial charge in [0, 0.05) is 6.07 Å². The van der Waals surface area contributed by atoms with Crippen molar-refractivity contribution < 1.29 is 13.6 Å². The molecule has 18 heavy (non-hydrogen) atoms. The molecule has 0 aliphatic rings. The number of ether oxygens (including phenoxy) is 1. The molecule has 0 spiro atoms. The maximum Gasteiger partial charge on any atom is 0.203 e. The molecule has 0 radical (unpaired) electrons. The van der Waals surface area contributed by atoms with E-state index in [0.717, 1.165) is 0 Å². The third kappa shape index (κ3) is 1.59. The van der Waals surface area contributed by atoms with E-state index < -0.39 is 0 Å². The number of hydrogen-bond donors (Lipinski definition) is 0. The van der Waals surface area contributed by atoms with E-state index >= 15 is 0 Å². The molecule has 0 aliphatic heterocycles. The zero-order valence-corrected chi connectivity index (χ0v) is 9.67. The second kappa shape index (κ2) is 4.07. The second-order valence-electron chi connectivity index (χ2n) is 3.82. The van der Waals surface area contributed by atoms with Crippen molar-refractivity contribution in [2.45, 2.75) is 0 Å². The molecule has 3 rings (SSSR count). The molecule has 4 nitrogen and oxygen atoms in total. The van der Waals surface area contributed by atoms with Crippen LogP contribution < -0.4 is 10.2 Å². The predicted molar refractivity (Wildman–Crippen MR) is 66.7 cm³/mol. The van der Waals surface area contributed by atoms with Crippen LogP contribution in [0.15, 0.2) is 56.5 Å². The van der Waals surface area contributed by atoms with Crippen molar-refractivity contribution in [1.29, 1.82) is 0 Å². The zero-order valence-electron chi connectivity index (χ0n) is 9.67. The van der Waals surface area contributed by atoms with Crippen LogP contribution in [0.1, 0.15) is 0 Å². The SMILES string of the molecule is COc1ccc2c(=O)c(-c3ccco3)coc2c1. The fraction of sp³-hybridized carbons (Fsp3) is 0.0714. The quantitative estimate of drug-likeness (QED) is 0.693. The molecule has 3 aromatic rings. The van der Waals surface area contributed by atoms with Crippen LogP contribution in [-0.4, -0.2) is 7.11 Å². The molecule has 4 heteroatoms. The zero-order chi connectivity index (χ0) is 12.5. The summed E-state index contributed by atoms with van der Waals surface area (Å²) >= 11 is 0. The molecule has 0 saturated heterocycles. The van der Waals surface area contributed by atoms with Gasteiger partial charge in [0.15, 0.2) is 0 Å². The number of methoxy groups -OCH3 is 1. The summed E-state index contributed by atoms with van der Waals surface area (Å²) in [4.78, 5) is 12.3. The Bertz CT molecular complexity index is 738. The summed E-state index contributed by atoms with van der Waals surface area (Å²) in [5.74, 6) is 1.15. The van der Waals surface area contributed by atoms with Crippen LogP contribution in [0.2, 0.25) is 0 Å². The molecule has 2 heterocycles. The van der Waals surface area contributed by atoms with Crippen LogP contribution in [-0.2, 0) is 0 Å². The van der Waals surface area contributed by atoms with Crippen molar-refractivity contribution in [3.05, 3.63) is 53.1 Å². The first-order valence-electron chi connectivity index (χ1n) is 5.43. The smallest absolute Gasteiger partial charge is 0.203 e. The van der Waals surface area contributed by atoms with Crippen molar-refractivity contribution in [2.24, 2.45) is 0 Å². The summed E-state index contributed by atoms with van der Waals surface area (Å²) in [6, 6.07) is 8.55. The van der Waals surface area contributed by atoms with E-state index in [1.807, 2.05) is 0 Å². The third-order valence-electron chi connectivity index (χ3n) is 2.77. The van der Waals surface area contributed by atoms with Crippen molar-refractivity contribution in [3.63, 3.8) is 0 Å². The summed E-state index contributed by atoms with van der Waals surface area (Å²) in [5.41, 5.74) is 0.793.